The minimum Gasteiger partial charge on any atom is -0.481 e. The molecular formula is C14H19NO4S. The van der Waals surface area contributed by atoms with Crippen molar-refractivity contribution in [2.45, 2.75) is 31.6 Å². The van der Waals surface area contributed by atoms with Gasteiger partial charge in [-0.15, -0.1) is 0 Å². The Balaban J connectivity index is 2.17. The number of hydrogen-bond donors (Lipinski definition) is 1. The molecule has 0 radical (unpaired) electrons. The van der Waals surface area contributed by atoms with Gasteiger partial charge < -0.3 is 5.11 Å². The van der Waals surface area contributed by atoms with Gasteiger partial charge in [-0.1, -0.05) is 17.7 Å². The van der Waals surface area contributed by atoms with Crippen LogP contribution in [-0.2, 0) is 14.8 Å². The molecule has 0 aliphatic carbocycles. The average molecular weight is 297 g/mol. The second-order valence-electron chi connectivity index (χ2n) is 5.58. The Hall–Kier alpha value is -1.40. The van der Waals surface area contributed by atoms with E-state index in [1.807, 2.05) is 6.92 Å². The summed E-state index contributed by atoms with van der Waals surface area (Å²) < 4.78 is 26.3. The lowest BCUT2D eigenvalue weighted by atomic mass is 9.81. The van der Waals surface area contributed by atoms with Crippen LogP contribution in [0.5, 0.6) is 0 Å². The van der Waals surface area contributed by atoms with Crippen molar-refractivity contribution in [3.8, 4) is 0 Å². The van der Waals surface area contributed by atoms with Gasteiger partial charge in [0.15, 0.2) is 0 Å². The maximum atomic E-state index is 12.5. The maximum absolute atomic E-state index is 12.5. The zero-order valence-electron chi connectivity index (χ0n) is 11.7. The lowest BCUT2D eigenvalue weighted by molar-refractivity contribution is -0.150. The summed E-state index contributed by atoms with van der Waals surface area (Å²) in [4.78, 5) is 11.4. The quantitative estimate of drug-likeness (QED) is 0.924. The van der Waals surface area contributed by atoms with E-state index in [1.165, 1.54) is 4.31 Å². The third kappa shape index (κ3) is 2.71. The fourth-order valence-corrected chi connectivity index (χ4v) is 3.73. The molecule has 0 amide bonds. The van der Waals surface area contributed by atoms with Crippen molar-refractivity contribution >= 4 is 16.0 Å². The Kier molecular flexibility index (Phi) is 3.88. The van der Waals surface area contributed by atoms with Gasteiger partial charge in [-0.05, 0) is 38.8 Å². The number of carboxylic acids is 1. The topological polar surface area (TPSA) is 74.7 Å². The van der Waals surface area contributed by atoms with Crippen molar-refractivity contribution in [1.29, 1.82) is 0 Å². The Labute approximate surface area is 119 Å². The molecule has 1 saturated heterocycles. The van der Waals surface area contributed by atoms with Crippen molar-refractivity contribution in [2.24, 2.45) is 5.41 Å². The van der Waals surface area contributed by atoms with Crippen molar-refractivity contribution in [3.05, 3.63) is 29.8 Å². The summed E-state index contributed by atoms with van der Waals surface area (Å²) in [7, 11) is -3.51. The number of rotatable bonds is 3. The van der Waals surface area contributed by atoms with Crippen molar-refractivity contribution in [2.75, 3.05) is 13.1 Å². The van der Waals surface area contributed by atoms with Crippen LogP contribution in [0.3, 0.4) is 0 Å². The molecule has 0 unspecified atom stereocenters. The molecule has 1 aliphatic heterocycles. The SMILES string of the molecule is Cc1ccc(S(=O)(=O)N2CCC(C)(C(=O)O)CC2)cc1. The Bertz CT molecular complexity index is 599. The number of carboxylic acid groups (broad SMARTS) is 1. The monoisotopic (exact) mass is 297 g/mol. The molecule has 0 saturated carbocycles. The zero-order valence-corrected chi connectivity index (χ0v) is 12.5. The van der Waals surface area contributed by atoms with Gasteiger partial charge in [0.2, 0.25) is 10.0 Å². The predicted octanol–water partition coefficient (Wildman–Crippen LogP) is 1.87. The number of carbonyl (C=O) groups is 1. The van der Waals surface area contributed by atoms with Crippen LogP contribution >= 0.6 is 0 Å². The molecule has 1 aromatic rings. The van der Waals surface area contributed by atoms with Gasteiger partial charge >= 0.3 is 5.97 Å². The molecule has 110 valence electrons. The van der Waals surface area contributed by atoms with Crippen LogP contribution in [-0.4, -0.2) is 36.9 Å². The summed E-state index contributed by atoms with van der Waals surface area (Å²) in [5.41, 5.74) is 0.181. The first-order chi connectivity index (χ1) is 9.25. The fourth-order valence-electron chi connectivity index (χ4n) is 2.29. The third-order valence-corrected chi connectivity index (χ3v) is 5.91. The van der Waals surface area contributed by atoms with E-state index in [-0.39, 0.29) is 18.0 Å². The zero-order chi connectivity index (χ0) is 15.0. The lowest BCUT2D eigenvalue weighted by Crippen LogP contribution is -2.45. The highest BCUT2D eigenvalue weighted by Crippen LogP contribution is 2.33. The summed E-state index contributed by atoms with van der Waals surface area (Å²) >= 11 is 0. The van der Waals surface area contributed by atoms with E-state index in [0.717, 1.165) is 5.56 Å². The van der Waals surface area contributed by atoms with Crippen LogP contribution in [0.25, 0.3) is 0 Å². The Morgan fingerprint density at radius 3 is 2.15 bits per heavy atom. The molecule has 5 nitrogen and oxygen atoms in total. The number of hydrogen-bond acceptors (Lipinski definition) is 3. The largest absolute Gasteiger partial charge is 0.481 e. The average Bonchev–Trinajstić information content (AvgIpc) is 2.39. The first kappa shape index (κ1) is 15.0. The normalized spacial score (nSPS) is 19.7. The molecule has 20 heavy (non-hydrogen) atoms. The van der Waals surface area contributed by atoms with E-state index >= 15 is 0 Å². The summed E-state index contributed by atoms with van der Waals surface area (Å²) in [6, 6.07) is 6.71. The minimum absolute atomic E-state index is 0.249. The third-order valence-electron chi connectivity index (χ3n) is 4.00. The molecule has 0 spiro atoms. The predicted molar refractivity (Wildman–Crippen MR) is 74.9 cm³/mol. The van der Waals surface area contributed by atoms with Crippen molar-refractivity contribution < 1.29 is 18.3 Å². The number of piperidine rings is 1. The molecule has 1 aromatic carbocycles. The lowest BCUT2D eigenvalue weighted by Gasteiger charge is -2.35. The van der Waals surface area contributed by atoms with Gasteiger partial charge in [0, 0.05) is 13.1 Å². The van der Waals surface area contributed by atoms with Crippen LogP contribution < -0.4 is 0 Å². The standard InChI is InChI=1S/C14H19NO4S/c1-11-3-5-12(6-4-11)20(18,19)15-9-7-14(2,8-10-15)13(16)17/h3-6H,7-10H2,1-2H3,(H,16,17). The van der Waals surface area contributed by atoms with Gasteiger partial charge in [0.05, 0.1) is 10.3 Å². The van der Waals surface area contributed by atoms with Gasteiger partial charge in [-0.2, -0.15) is 4.31 Å². The van der Waals surface area contributed by atoms with Crippen LogP contribution in [0.4, 0.5) is 0 Å². The second kappa shape index (κ2) is 5.18. The highest BCUT2D eigenvalue weighted by Gasteiger charge is 2.40. The highest BCUT2D eigenvalue weighted by atomic mass is 32.2. The Morgan fingerprint density at radius 2 is 1.70 bits per heavy atom. The molecule has 6 heteroatoms. The number of benzene rings is 1. The maximum Gasteiger partial charge on any atom is 0.309 e. The minimum atomic E-state index is -3.51. The molecule has 0 aromatic heterocycles. The first-order valence-electron chi connectivity index (χ1n) is 6.56. The van der Waals surface area contributed by atoms with Gasteiger partial charge in [-0.25, -0.2) is 8.42 Å². The van der Waals surface area contributed by atoms with Crippen LogP contribution in [0.15, 0.2) is 29.2 Å². The molecule has 1 aliphatic rings. The van der Waals surface area contributed by atoms with Crippen molar-refractivity contribution in [1.82, 2.24) is 4.31 Å². The molecule has 1 fully saturated rings. The van der Waals surface area contributed by atoms with E-state index in [2.05, 4.69) is 0 Å². The summed E-state index contributed by atoms with van der Waals surface area (Å²) in [6.07, 6.45) is 0.681. The number of sulfonamides is 1. The van der Waals surface area contributed by atoms with E-state index in [1.54, 1.807) is 31.2 Å². The van der Waals surface area contributed by atoms with Crippen LogP contribution in [0.1, 0.15) is 25.3 Å². The summed E-state index contributed by atoms with van der Waals surface area (Å²) in [6.45, 7) is 4.07. The van der Waals surface area contributed by atoms with Crippen molar-refractivity contribution in [3.63, 3.8) is 0 Å². The number of aryl methyl sites for hydroxylation is 1. The first-order valence-corrected chi connectivity index (χ1v) is 8.00. The smallest absolute Gasteiger partial charge is 0.309 e. The van der Waals surface area contributed by atoms with E-state index in [9.17, 15) is 13.2 Å². The summed E-state index contributed by atoms with van der Waals surface area (Å²) in [5, 5.41) is 9.17. The molecule has 1 heterocycles. The number of aliphatic carboxylic acids is 1. The number of nitrogens with zero attached hydrogens (tertiary/aromatic N) is 1. The van der Waals surface area contributed by atoms with Gasteiger partial charge in [0.1, 0.15) is 0 Å². The van der Waals surface area contributed by atoms with Crippen LogP contribution in [0.2, 0.25) is 0 Å². The van der Waals surface area contributed by atoms with Crippen LogP contribution in [0, 0.1) is 12.3 Å². The summed E-state index contributed by atoms with van der Waals surface area (Å²) in [5.74, 6) is -0.857. The molecule has 0 bridgehead atoms. The molecule has 0 atom stereocenters. The van der Waals surface area contributed by atoms with E-state index < -0.39 is 21.4 Å². The molecule has 1 N–H and O–H groups in total. The highest BCUT2D eigenvalue weighted by molar-refractivity contribution is 7.89. The second-order valence-corrected chi connectivity index (χ2v) is 7.52. The Morgan fingerprint density at radius 1 is 1.20 bits per heavy atom. The molecular weight excluding hydrogens is 278 g/mol. The van der Waals surface area contributed by atoms with Gasteiger partial charge in [-0.3, -0.25) is 4.79 Å². The van der Waals surface area contributed by atoms with E-state index in [0.29, 0.717) is 12.8 Å². The van der Waals surface area contributed by atoms with E-state index in [4.69, 9.17) is 5.11 Å². The van der Waals surface area contributed by atoms with Gasteiger partial charge in [0.25, 0.3) is 0 Å². The molecule has 2 rings (SSSR count). The fraction of sp³-hybridized carbons (Fsp3) is 0.500.